The summed E-state index contributed by atoms with van der Waals surface area (Å²) in [6.45, 7) is 5.37. The molecule has 0 atom stereocenters. The summed E-state index contributed by atoms with van der Waals surface area (Å²) in [5.41, 5.74) is 1.31. The van der Waals surface area contributed by atoms with Crippen LogP contribution in [0.1, 0.15) is 38.9 Å². The quantitative estimate of drug-likeness (QED) is 0.165. The highest BCUT2D eigenvalue weighted by Crippen LogP contribution is 2.44. The van der Waals surface area contributed by atoms with Crippen LogP contribution in [0.2, 0.25) is 0 Å². The van der Waals surface area contributed by atoms with Gasteiger partial charge in [0.15, 0.2) is 0 Å². The highest BCUT2D eigenvalue weighted by Gasteiger charge is 2.34. The smallest absolute Gasteiger partial charge is 0.309 e. The van der Waals surface area contributed by atoms with Crippen molar-refractivity contribution in [3.63, 3.8) is 0 Å². The summed E-state index contributed by atoms with van der Waals surface area (Å²) >= 11 is 0. The Labute approximate surface area is 307 Å². The van der Waals surface area contributed by atoms with Crippen LogP contribution in [-0.2, 0) is 18.5 Å². The van der Waals surface area contributed by atoms with Gasteiger partial charge in [0.25, 0.3) is 0 Å². The molecule has 0 aliphatic carbocycles. The number of halogens is 9. The maximum atomic E-state index is 14.3. The molecule has 0 saturated carbocycles. The Morgan fingerprint density at radius 2 is 0.873 bits per heavy atom. The fourth-order valence-electron chi connectivity index (χ4n) is 7.52. The molecule has 0 unspecified atom stereocenters. The van der Waals surface area contributed by atoms with Crippen LogP contribution in [0, 0.1) is 32.1 Å². The van der Waals surface area contributed by atoms with Crippen LogP contribution in [0.3, 0.4) is 0 Å². The Balaban J connectivity index is 1.54. The van der Waals surface area contributed by atoms with Gasteiger partial charge in [0, 0.05) is 27.1 Å². The van der Waals surface area contributed by atoms with Crippen molar-refractivity contribution in [2.24, 2.45) is 0 Å². The van der Waals surface area contributed by atoms with Crippen molar-refractivity contribution in [2.75, 3.05) is 0 Å². The van der Waals surface area contributed by atoms with Crippen molar-refractivity contribution in [1.29, 1.82) is 5.26 Å². The molecule has 0 radical (unpaired) electrons. The summed E-state index contributed by atoms with van der Waals surface area (Å²) in [5.74, 6) is 0. The van der Waals surface area contributed by atoms with Crippen molar-refractivity contribution in [3.05, 3.63) is 142 Å². The van der Waals surface area contributed by atoms with E-state index in [1.54, 1.807) is 6.07 Å². The summed E-state index contributed by atoms with van der Waals surface area (Å²) < 4.78 is 130. The second-order valence-corrected chi connectivity index (χ2v) is 13.8. The number of fused-ring (bicyclic) bond motifs is 6. The van der Waals surface area contributed by atoms with E-state index >= 15 is 0 Å². The first kappa shape index (κ1) is 35.8. The number of alkyl halides is 9. The summed E-state index contributed by atoms with van der Waals surface area (Å²) in [7, 11) is 0. The lowest BCUT2D eigenvalue weighted by Gasteiger charge is -2.20. The van der Waals surface area contributed by atoms with Gasteiger partial charge in [-0.25, -0.2) is 0 Å². The van der Waals surface area contributed by atoms with E-state index in [2.05, 4.69) is 6.07 Å². The molecule has 0 bridgehead atoms. The Hall–Kier alpha value is -6.22. The lowest BCUT2D eigenvalue weighted by Crippen LogP contribution is -2.07. The number of aromatic nitrogens is 2. The van der Waals surface area contributed by atoms with Crippen molar-refractivity contribution in [2.45, 2.75) is 39.3 Å². The van der Waals surface area contributed by atoms with Gasteiger partial charge in [0.05, 0.1) is 55.7 Å². The number of aryl methyl sites for hydroxylation is 3. The minimum atomic E-state index is -4.82. The molecule has 0 spiro atoms. The van der Waals surface area contributed by atoms with E-state index in [4.69, 9.17) is 0 Å². The van der Waals surface area contributed by atoms with Crippen molar-refractivity contribution in [1.82, 2.24) is 9.13 Å². The van der Waals surface area contributed by atoms with Gasteiger partial charge in [-0.05, 0) is 117 Å². The average molecular weight is 756 g/mol. The molecule has 2 aromatic heterocycles. The number of benzene rings is 6. The molecule has 0 N–H and O–H groups in total. The third-order valence-electron chi connectivity index (χ3n) is 9.93. The van der Waals surface area contributed by atoms with Gasteiger partial charge in [-0.3, -0.25) is 0 Å². The molecule has 12 heteroatoms. The van der Waals surface area contributed by atoms with Gasteiger partial charge in [-0.1, -0.05) is 29.3 Å². The van der Waals surface area contributed by atoms with Gasteiger partial charge in [0.2, 0.25) is 0 Å². The normalized spacial score (nSPS) is 12.7. The first-order valence-electron chi connectivity index (χ1n) is 16.9. The van der Waals surface area contributed by atoms with E-state index in [0.29, 0.717) is 16.7 Å². The molecule has 0 fully saturated rings. The van der Waals surface area contributed by atoms with Gasteiger partial charge in [-0.2, -0.15) is 44.8 Å². The van der Waals surface area contributed by atoms with Crippen molar-refractivity contribution >= 4 is 43.6 Å². The van der Waals surface area contributed by atoms with Crippen LogP contribution in [-0.4, -0.2) is 9.13 Å². The first-order valence-corrected chi connectivity index (χ1v) is 16.9. The molecule has 0 saturated heterocycles. The van der Waals surface area contributed by atoms with Crippen LogP contribution >= 0.6 is 0 Å². The topological polar surface area (TPSA) is 33.6 Å². The van der Waals surface area contributed by atoms with Crippen molar-refractivity contribution in [3.8, 4) is 28.6 Å². The van der Waals surface area contributed by atoms with Crippen LogP contribution < -0.4 is 0 Å². The third-order valence-corrected chi connectivity index (χ3v) is 9.93. The Morgan fingerprint density at radius 3 is 1.33 bits per heavy atom. The van der Waals surface area contributed by atoms with E-state index in [0.717, 1.165) is 70.4 Å². The average Bonchev–Trinajstić information content (AvgIpc) is 3.60. The fourth-order valence-corrected chi connectivity index (χ4v) is 7.52. The largest absolute Gasteiger partial charge is 0.416 e. The molecule has 0 amide bonds. The minimum absolute atomic E-state index is 0.0322. The second kappa shape index (κ2) is 12.1. The van der Waals surface area contributed by atoms with Gasteiger partial charge < -0.3 is 9.13 Å². The molecule has 276 valence electrons. The lowest BCUT2D eigenvalue weighted by atomic mass is 9.96. The van der Waals surface area contributed by atoms with E-state index in [1.165, 1.54) is 23.6 Å². The van der Waals surface area contributed by atoms with Gasteiger partial charge in [-0.15, -0.1) is 0 Å². The zero-order valence-corrected chi connectivity index (χ0v) is 29.1. The van der Waals surface area contributed by atoms with Crippen molar-refractivity contribution < 1.29 is 39.5 Å². The summed E-state index contributed by atoms with van der Waals surface area (Å²) in [6.07, 6.45) is -14.4. The SMILES string of the molecule is Cc1cc(-c2cc(-n3c4ccc(C(F)(F)F)cc4c4cc(C(F)(F)F)ccc43)c(C#N)cc2-n2c3ccc(C)cc3c3cc(C)ccc32)cc(C(F)(F)F)c1. The number of nitriles is 1. The van der Waals surface area contributed by atoms with Crippen LogP contribution in [0.25, 0.3) is 66.1 Å². The molecular weight excluding hydrogens is 729 g/mol. The molecule has 6 aromatic carbocycles. The van der Waals surface area contributed by atoms with E-state index in [9.17, 15) is 44.8 Å². The number of rotatable bonds is 3. The van der Waals surface area contributed by atoms with Crippen LogP contribution in [0.5, 0.6) is 0 Å². The summed E-state index contributed by atoms with van der Waals surface area (Å²) in [4.78, 5) is 0. The predicted molar refractivity (Wildman–Crippen MR) is 194 cm³/mol. The standard InChI is InChI=1S/C43H26F9N3/c1-22-4-8-35-31(14-22)32-15-23(2)5-9-36(32)55(35)40-17-26(21-53)39(20-30(40)25-12-24(3)13-29(16-25)43(50,51)52)54-37-10-6-27(41(44,45)46)18-33(37)34-19-28(42(47,48)49)7-11-38(34)54/h4-20H,1-3H3. The maximum absolute atomic E-state index is 14.3. The zero-order chi connectivity index (χ0) is 39.4. The Kier molecular flexibility index (Phi) is 7.90. The molecule has 3 nitrogen and oxygen atoms in total. The third kappa shape index (κ3) is 5.95. The van der Waals surface area contributed by atoms with E-state index in [1.807, 2.05) is 54.8 Å². The first-order chi connectivity index (χ1) is 25.8. The molecule has 55 heavy (non-hydrogen) atoms. The fraction of sp³-hybridized carbons (Fsp3) is 0.140. The van der Waals surface area contributed by atoms with Crippen LogP contribution in [0.4, 0.5) is 39.5 Å². The Bertz CT molecular complexity index is 2800. The van der Waals surface area contributed by atoms with E-state index < -0.39 is 35.2 Å². The molecule has 2 heterocycles. The summed E-state index contributed by atoms with van der Waals surface area (Å²) in [5, 5.41) is 12.1. The second-order valence-electron chi connectivity index (χ2n) is 13.8. The molecule has 0 aliphatic rings. The minimum Gasteiger partial charge on any atom is -0.309 e. The number of hydrogen-bond acceptors (Lipinski definition) is 1. The highest BCUT2D eigenvalue weighted by atomic mass is 19.4. The maximum Gasteiger partial charge on any atom is 0.416 e. The molecular formula is C43H26F9N3. The lowest BCUT2D eigenvalue weighted by molar-refractivity contribution is -0.138. The predicted octanol–water partition coefficient (Wildman–Crippen LogP) is 13.4. The molecule has 8 aromatic rings. The van der Waals surface area contributed by atoms with Gasteiger partial charge in [0.1, 0.15) is 6.07 Å². The molecule has 0 aliphatic heterocycles. The monoisotopic (exact) mass is 755 g/mol. The van der Waals surface area contributed by atoms with E-state index in [-0.39, 0.29) is 49.7 Å². The van der Waals surface area contributed by atoms with Crippen LogP contribution in [0.15, 0.2) is 103 Å². The summed E-state index contributed by atoms with van der Waals surface area (Å²) in [6, 6.07) is 25.5. The highest BCUT2D eigenvalue weighted by molar-refractivity contribution is 6.12. The zero-order valence-electron chi connectivity index (χ0n) is 29.1. The number of hydrogen-bond donors (Lipinski definition) is 0. The van der Waals surface area contributed by atoms with Gasteiger partial charge >= 0.3 is 18.5 Å². The number of nitrogens with zero attached hydrogens (tertiary/aromatic N) is 3. The Morgan fingerprint density at radius 1 is 0.436 bits per heavy atom. The molecule has 8 rings (SSSR count).